The Hall–Kier alpha value is -3.78. The molecule has 2 nitrogen and oxygen atoms in total. The molecule has 0 radical (unpaired) electrons. The fourth-order valence-electron chi connectivity index (χ4n) is 4.39. The zero-order valence-corrected chi connectivity index (χ0v) is 22.1. The third kappa shape index (κ3) is 4.95. The zero-order valence-electron chi connectivity index (χ0n) is 22.1. The van der Waals surface area contributed by atoms with Gasteiger partial charge < -0.3 is 8.83 Å². The highest BCUT2D eigenvalue weighted by atomic mass is 16.3. The van der Waals surface area contributed by atoms with Gasteiger partial charge in [0.05, 0.1) is 0 Å². The second-order valence-corrected chi connectivity index (χ2v) is 11.6. The van der Waals surface area contributed by atoms with Crippen LogP contribution in [0.4, 0.5) is 0 Å². The van der Waals surface area contributed by atoms with Crippen molar-refractivity contribution in [2.45, 2.75) is 52.4 Å². The van der Waals surface area contributed by atoms with Gasteiger partial charge in [-0.25, -0.2) is 0 Å². The molecule has 2 heteroatoms. The minimum atomic E-state index is 0.134. The maximum Gasteiger partial charge on any atom is 0.134 e. The molecule has 5 aromatic rings. The lowest BCUT2D eigenvalue weighted by Gasteiger charge is -2.18. The summed E-state index contributed by atoms with van der Waals surface area (Å²) in [6.45, 7) is 13.4. The molecule has 36 heavy (non-hydrogen) atoms. The van der Waals surface area contributed by atoms with E-state index in [1.807, 2.05) is 30.3 Å². The molecule has 0 N–H and O–H groups in total. The quantitative estimate of drug-likeness (QED) is 0.259. The Morgan fingerprint density at radius 1 is 0.389 bits per heavy atom. The predicted octanol–water partition coefficient (Wildman–Crippen LogP) is 10.1. The summed E-state index contributed by atoms with van der Waals surface area (Å²) in [7, 11) is 0. The lowest BCUT2D eigenvalue weighted by Crippen LogP contribution is -2.10. The molecule has 0 saturated heterocycles. The average molecular weight is 475 g/mol. The van der Waals surface area contributed by atoms with Crippen LogP contribution in [0.1, 0.15) is 52.7 Å². The van der Waals surface area contributed by atoms with Gasteiger partial charge in [-0.15, -0.1) is 0 Å². The Morgan fingerprint density at radius 3 is 1.06 bits per heavy atom. The van der Waals surface area contributed by atoms with Gasteiger partial charge in [-0.2, -0.15) is 0 Å². The van der Waals surface area contributed by atoms with Gasteiger partial charge in [0, 0.05) is 22.3 Å². The van der Waals surface area contributed by atoms with Crippen molar-refractivity contribution in [3.63, 3.8) is 0 Å². The molecule has 0 fully saturated rings. The predicted molar refractivity (Wildman–Crippen MR) is 150 cm³/mol. The van der Waals surface area contributed by atoms with Gasteiger partial charge >= 0.3 is 0 Å². The van der Waals surface area contributed by atoms with E-state index >= 15 is 0 Å². The van der Waals surface area contributed by atoms with Crippen LogP contribution < -0.4 is 0 Å². The zero-order chi connectivity index (χ0) is 25.5. The van der Waals surface area contributed by atoms with Gasteiger partial charge in [0.2, 0.25) is 0 Å². The molecule has 0 aliphatic rings. The van der Waals surface area contributed by atoms with Crippen molar-refractivity contribution in [2.75, 3.05) is 0 Å². The molecular formula is C34H34O2. The molecular weight excluding hydrogens is 440 g/mol. The number of hydrogen-bond donors (Lipinski definition) is 0. The van der Waals surface area contributed by atoms with Crippen LogP contribution in [0.15, 0.2) is 106 Å². The first kappa shape index (κ1) is 23.9. The van der Waals surface area contributed by atoms with E-state index in [1.165, 1.54) is 11.1 Å². The van der Waals surface area contributed by atoms with Gasteiger partial charge in [0.25, 0.3) is 0 Å². The van der Waals surface area contributed by atoms with Crippen LogP contribution in [0, 0.1) is 0 Å². The van der Waals surface area contributed by atoms with E-state index in [0.29, 0.717) is 0 Å². The normalized spacial score (nSPS) is 12.2. The first-order valence-electron chi connectivity index (χ1n) is 12.6. The smallest absolute Gasteiger partial charge is 0.134 e. The summed E-state index contributed by atoms with van der Waals surface area (Å²) >= 11 is 0. The largest absolute Gasteiger partial charge is 0.456 e. The second-order valence-electron chi connectivity index (χ2n) is 11.6. The molecule has 0 unspecified atom stereocenters. The maximum atomic E-state index is 6.25. The molecule has 0 saturated carbocycles. The van der Waals surface area contributed by atoms with Crippen LogP contribution in [-0.4, -0.2) is 0 Å². The molecule has 0 aliphatic heterocycles. The van der Waals surface area contributed by atoms with E-state index in [1.54, 1.807) is 0 Å². The van der Waals surface area contributed by atoms with Gasteiger partial charge in [-0.05, 0) is 52.3 Å². The maximum absolute atomic E-state index is 6.25. The number of benzene rings is 3. The summed E-state index contributed by atoms with van der Waals surface area (Å²) in [5, 5.41) is 0. The van der Waals surface area contributed by atoms with Crippen molar-refractivity contribution in [3.8, 4) is 45.3 Å². The standard InChI is InChI=1S/C34H34O2/c1-33(2,3)27-14-10-23(11-15-27)29-18-20-31(35-29)25-8-7-9-26(22-25)32-21-19-30(36-32)24-12-16-28(17-13-24)34(4,5)6/h7-22H,1-6H3. The molecule has 3 aromatic carbocycles. The van der Waals surface area contributed by atoms with Crippen LogP contribution >= 0.6 is 0 Å². The second kappa shape index (κ2) is 9.02. The summed E-state index contributed by atoms with van der Waals surface area (Å²) < 4.78 is 12.5. The number of hydrogen-bond acceptors (Lipinski definition) is 2. The molecule has 182 valence electrons. The van der Waals surface area contributed by atoms with E-state index in [-0.39, 0.29) is 10.8 Å². The molecule has 0 amide bonds. The van der Waals surface area contributed by atoms with Crippen molar-refractivity contribution < 1.29 is 8.83 Å². The summed E-state index contributed by atoms with van der Waals surface area (Å²) in [5.74, 6) is 3.43. The van der Waals surface area contributed by atoms with Crippen molar-refractivity contribution >= 4 is 0 Å². The topological polar surface area (TPSA) is 26.3 Å². The van der Waals surface area contributed by atoms with Crippen molar-refractivity contribution in [1.29, 1.82) is 0 Å². The van der Waals surface area contributed by atoms with Crippen LogP contribution in [0.5, 0.6) is 0 Å². The Kier molecular flexibility index (Phi) is 6.00. The lowest BCUT2D eigenvalue weighted by molar-refractivity contribution is 0.587. The van der Waals surface area contributed by atoms with E-state index in [2.05, 4.69) is 108 Å². The lowest BCUT2D eigenvalue weighted by atomic mass is 9.86. The van der Waals surface area contributed by atoms with E-state index < -0.39 is 0 Å². The van der Waals surface area contributed by atoms with Crippen LogP contribution in [0.2, 0.25) is 0 Å². The van der Waals surface area contributed by atoms with Crippen molar-refractivity contribution in [3.05, 3.63) is 108 Å². The Bertz CT molecular complexity index is 1350. The van der Waals surface area contributed by atoms with Crippen molar-refractivity contribution in [2.24, 2.45) is 0 Å². The Labute approximate surface area is 214 Å². The molecule has 2 aromatic heterocycles. The fraction of sp³-hybridized carbons (Fsp3) is 0.235. The minimum absolute atomic E-state index is 0.134. The summed E-state index contributed by atoms with van der Waals surface area (Å²) in [6, 6.07) is 33.8. The first-order chi connectivity index (χ1) is 17.1. The van der Waals surface area contributed by atoms with E-state index in [0.717, 1.165) is 45.3 Å². The number of rotatable bonds is 4. The Balaban J connectivity index is 1.38. The van der Waals surface area contributed by atoms with Crippen molar-refractivity contribution in [1.82, 2.24) is 0 Å². The highest BCUT2D eigenvalue weighted by Gasteiger charge is 2.16. The monoisotopic (exact) mass is 474 g/mol. The van der Waals surface area contributed by atoms with E-state index in [4.69, 9.17) is 8.83 Å². The van der Waals surface area contributed by atoms with Gasteiger partial charge in [0.1, 0.15) is 23.0 Å². The highest BCUT2D eigenvalue weighted by molar-refractivity contribution is 5.72. The minimum Gasteiger partial charge on any atom is -0.456 e. The summed E-state index contributed by atoms with van der Waals surface area (Å²) in [5.41, 5.74) is 7.11. The third-order valence-electron chi connectivity index (χ3n) is 6.71. The summed E-state index contributed by atoms with van der Waals surface area (Å²) in [4.78, 5) is 0. The first-order valence-corrected chi connectivity index (χ1v) is 12.6. The van der Waals surface area contributed by atoms with E-state index in [9.17, 15) is 0 Å². The third-order valence-corrected chi connectivity index (χ3v) is 6.71. The van der Waals surface area contributed by atoms with Gasteiger partial charge in [0.15, 0.2) is 0 Å². The molecule has 0 aliphatic carbocycles. The van der Waals surface area contributed by atoms with Crippen LogP contribution in [0.3, 0.4) is 0 Å². The average Bonchev–Trinajstić information content (AvgIpc) is 3.54. The van der Waals surface area contributed by atoms with Crippen LogP contribution in [-0.2, 0) is 10.8 Å². The molecule has 0 spiro atoms. The van der Waals surface area contributed by atoms with Gasteiger partial charge in [-0.1, -0.05) is 108 Å². The number of furan rings is 2. The summed E-state index contributed by atoms with van der Waals surface area (Å²) in [6.07, 6.45) is 0. The fourth-order valence-corrected chi connectivity index (χ4v) is 4.39. The molecule has 0 bridgehead atoms. The SMILES string of the molecule is CC(C)(C)c1ccc(-c2ccc(-c3cccc(-c4ccc(-c5ccc(C(C)(C)C)cc5)o4)c3)o2)cc1. The van der Waals surface area contributed by atoms with Crippen LogP contribution in [0.25, 0.3) is 45.3 Å². The van der Waals surface area contributed by atoms with Gasteiger partial charge in [-0.3, -0.25) is 0 Å². The Morgan fingerprint density at radius 2 is 0.722 bits per heavy atom. The molecule has 0 atom stereocenters. The highest BCUT2D eigenvalue weighted by Crippen LogP contribution is 2.34. The molecule has 5 rings (SSSR count). The molecule has 2 heterocycles.